The van der Waals surface area contributed by atoms with Crippen molar-refractivity contribution >= 4 is 11.8 Å². The molecule has 0 atom stereocenters. The zero-order valence-electron chi connectivity index (χ0n) is 9.84. The Labute approximate surface area is 91.2 Å². The van der Waals surface area contributed by atoms with Crippen LogP contribution in [-0.2, 0) is 14.3 Å². The van der Waals surface area contributed by atoms with E-state index in [1.165, 1.54) is 0 Å². The molecule has 0 radical (unpaired) electrons. The molecule has 0 saturated heterocycles. The third-order valence-corrected chi connectivity index (χ3v) is 3.00. The van der Waals surface area contributed by atoms with Gasteiger partial charge in [-0.3, -0.25) is 9.59 Å². The zero-order chi connectivity index (χ0) is 11.5. The van der Waals surface area contributed by atoms with Crippen molar-refractivity contribution in [1.29, 1.82) is 0 Å². The van der Waals surface area contributed by atoms with Crippen LogP contribution in [0.3, 0.4) is 0 Å². The molecule has 3 nitrogen and oxygen atoms in total. The molecule has 0 aromatic heterocycles. The van der Waals surface area contributed by atoms with Crippen LogP contribution in [0.5, 0.6) is 0 Å². The molecule has 1 aliphatic rings. The normalized spacial score (nSPS) is 18.4. The van der Waals surface area contributed by atoms with Gasteiger partial charge < -0.3 is 4.74 Å². The van der Waals surface area contributed by atoms with E-state index in [1.54, 1.807) is 6.92 Å². The van der Waals surface area contributed by atoms with Crippen molar-refractivity contribution in [1.82, 2.24) is 0 Å². The van der Waals surface area contributed by atoms with E-state index in [0.29, 0.717) is 31.8 Å². The second-order valence-electron chi connectivity index (χ2n) is 4.68. The zero-order valence-corrected chi connectivity index (χ0v) is 9.84. The number of Topliss-reactive ketones (excluding diaryl/α,β-unsaturated/α-hetero) is 1. The van der Waals surface area contributed by atoms with Gasteiger partial charge in [0.1, 0.15) is 11.2 Å². The molecule has 15 heavy (non-hydrogen) atoms. The first-order valence-electron chi connectivity index (χ1n) is 5.73. The second kappa shape index (κ2) is 4.77. The number of esters is 1. The standard InChI is InChI=1S/C12H20O3/c1-4-15-11(14)12(6-5-7-12)10(13)8-9(2)3/h9H,4-8H2,1-3H3. The Morgan fingerprint density at radius 1 is 1.33 bits per heavy atom. The van der Waals surface area contributed by atoms with E-state index in [9.17, 15) is 9.59 Å². The van der Waals surface area contributed by atoms with E-state index < -0.39 is 5.41 Å². The Balaban J connectivity index is 2.67. The van der Waals surface area contributed by atoms with Gasteiger partial charge in [-0.1, -0.05) is 20.3 Å². The highest BCUT2D eigenvalue weighted by Gasteiger charge is 2.51. The summed E-state index contributed by atoms with van der Waals surface area (Å²) in [5, 5.41) is 0. The first kappa shape index (κ1) is 12.2. The van der Waals surface area contributed by atoms with Gasteiger partial charge in [-0.05, 0) is 25.7 Å². The van der Waals surface area contributed by atoms with Gasteiger partial charge in [0, 0.05) is 6.42 Å². The van der Waals surface area contributed by atoms with E-state index in [4.69, 9.17) is 4.74 Å². The number of rotatable bonds is 5. The Kier molecular flexibility index (Phi) is 3.89. The van der Waals surface area contributed by atoms with Gasteiger partial charge in [0.15, 0.2) is 0 Å². The lowest BCUT2D eigenvalue weighted by molar-refractivity contribution is -0.166. The fraction of sp³-hybridized carbons (Fsp3) is 0.833. The van der Waals surface area contributed by atoms with Crippen LogP contribution in [0.4, 0.5) is 0 Å². The summed E-state index contributed by atoms with van der Waals surface area (Å²) < 4.78 is 4.99. The minimum Gasteiger partial charge on any atom is -0.465 e. The molecule has 0 spiro atoms. The number of ether oxygens (including phenoxy) is 1. The van der Waals surface area contributed by atoms with Crippen molar-refractivity contribution < 1.29 is 14.3 Å². The molecule has 1 saturated carbocycles. The first-order valence-corrected chi connectivity index (χ1v) is 5.73. The summed E-state index contributed by atoms with van der Waals surface area (Å²) >= 11 is 0. The SMILES string of the molecule is CCOC(=O)C1(C(=O)CC(C)C)CCC1. The number of carbonyl (C=O) groups is 2. The van der Waals surface area contributed by atoms with E-state index in [-0.39, 0.29) is 11.8 Å². The predicted octanol–water partition coefficient (Wildman–Crippen LogP) is 2.33. The molecule has 0 unspecified atom stereocenters. The minimum absolute atomic E-state index is 0.0715. The average molecular weight is 212 g/mol. The van der Waals surface area contributed by atoms with Crippen molar-refractivity contribution in [3.05, 3.63) is 0 Å². The predicted molar refractivity (Wildman–Crippen MR) is 57.4 cm³/mol. The van der Waals surface area contributed by atoms with E-state index in [2.05, 4.69) is 0 Å². The lowest BCUT2D eigenvalue weighted by Gasteiger charge is -2.38. The second-order valence-corrected chi connectivity index (χ2v) is 4.68. The summed E-state index contributed by atoms with van der Waals surface area (Å²) in [6.45, 7) is 6.12. The Hall–Kier alpha value is -0.860. The minimum atomic E-state index is -0.777. The van der Waals surface area contributed by atoms with Crippen LogP contribution in [0.1, 0.15) is 46.5 Å². The van der Waals surface area contributed by atoms with Crippen molar-refractivity contribution in [2.24, 2.45) is 11.3 Å². The maximum atomic E-state index is 12.0. The summed E-state index contributed by atoms with van der Waals surface area (Å²) in [5.41, 5.74) is -0.777. The molecular formula is C12H20O3. The third kappa shape index (κ3) is 2.39. The monoisotopic (exact) mass is 212 g/mol. The molecule has 0 heterocycles. The van der Waals surface area contributed by atoms with Gasteiger partial charge in [-0.25, -0.2) is 0 Å². The largest absolute Gasteiger partial charge is 0.465 e. The maximum absolute atomic E-state index is 12.0. The molecule has 0 amide bonds. The molecular weight excluding hydrogens is 192 g/mol. The van der Waals surface area contributed by atoms with Crippen LogP contribution in [-0.4, -0.2) is 18.4 Å². The number of carbonyl (C=O) groups excluding carboxylic acids is 2. The van der Waals surface area contributed by atoms with E-state index in [0.717, 1.165) is 6.42 Å². The van der Waals surface area contributed by atoms with Gasteiger partial charge in [0.25, 0.3) is 0 Å². The summed E-state index contributed by atoms with van der Waals surface area (Å²) in [4.78, 5) is 23.7. The van der Waals surface area contributed by atoms with E-state index in [1.807, 2.05) is 13.8 Å². The van der Waals surface area contributed by atoms with Gasteiger partial charge in [0.05, 0.1) is 6.61 Å². The fourth-order valence-corrected chi connectivity index (χ4v) is 1.96. The molecule has 0 bridgehead atoms. The lowest BCUT2D eigenvalue weighted by atomic mass is 9.64. The van der Waals surface area contributed by atoms with Gasteiger partial charge >= 0.3 is 5.97 Å². The van der Waals surface area contributed by atoms with Crippen LogP contribution in [0.15, 0.2) is 0 Å². The molecule has 0 aliphatic heterocycles. The van der Waals surface area contributed by atoms with Crippen LogP contribution >= 0.6 is 0 Å². The molecule has 1 aliphatic carbocycles. The van der Waals surface area contributed by atoms with Gasteiger partial charge in [0.2, 0.25) is 0 Å². The third-order valence-electron chi connectivity index (χ3n) is 3.00. The Morgan fingerprint density at radius 2 is 1.93 bits per heavy atom. The van der Waals surface area contributed by atoms with Crippen LogP contribution in [0.2, 0.25) is 0 Å². The first-order chi connectivity index (χ1) is 7.03. The van der Waals surface area contributed by atoms with Crippen molar-refractivity contribution in [3.63, 3.8) is 0 Å². The van der Waals surface area contributed by atoms with Crippen molar-refractivity contribution in [3.8, 4) is 0 Å². The number of ketones is 1. The molecule has 1 fully saturated rings. The highest BCUT2D eigenvalue weighted by molar-refractivity contribution is 6.04. The Morgan fingerprint density at radius 3 is 2.27 bits per heavy atom. The number of hydrogen-bond acceptors (Lipinski definition) is 3. The highest BCUT2D eigenvalue weighted by Crippen LogP contribution is 2.44. The quantitative estimate of drug-likeness (QED) is 0.519. The molecule has 86 valence electrons. The molecule has 0 aromatic rings. The highest BCUT2D eigenvalue weighted by atomic mass is 16.5. The van der Waals surface area contributed by atoms with E-state index >= 15 is 0 Å². The summed E-state index contributed by atoms with van der Waals surface area (Å²) in [6.07, 6.45) is 2.80. The molecule has 0 aromatic carbocycles. The number of hydrogen-bond donors (Lipinski definition) is 0. The smallest absolute Gasteiger partial charge is 0.319 e. The Bertz CT molecular complexity index is 252. The summed E-state index contributed by atoms with van der Waals surface area (Å²) in [6, 6.07) is 0. The van der Waals surface area contributed by atoms with Gasteiger partial charge in [-0.15, -0.1) is 0 Å². The molecule has 1 rings (SSSR count). The van der Waals surface area contributed by atoms with Gasteiger partial charge in [-0.2, -0.15) is 0 Å². The van der Waals surface area contributed by atoms with Crippen molar-refractivity contribution in [2.45, 2.75) is 46.5 Å². The lowest BCUT2D eigenvalue weighted by Crippen LogP contribution is -2.46. The molecule has 0 N–H and O–H groups in total. The van der Waals surface area contributed by atoms with Crippen LogP contribution in [0, 0.1) is 11.3 Å². The van der Waals surface area contributed by atoms with Crippen LogP contribution in [0.25, 0.3) is 0 Å². The molecule has 3 heteroatoms. The maximum Gasteiger partial charge on any atom is 0.319 e. The average Bonchev–Trinajstić information content (AvgIpc) is 2.00. The fourth-order valence-electron chi connectivity index (χ4n) is 1.96. The van der Waals surface area contributed by atoms with Crippen LogP contribution < -0.4 is 0 Å². The summed E-state index contributed by atoms with van der Waals surface area (Å²) in [5.74, 6) is 0.0773. The topological polar surface area (TPSA) is 43.4 Å². The summed E-state index contributed by atoms with van der Waals surface area (Å²) in [7, 11) is 0. The van der Waals surface area contributed by atoms with Crippen molar-refractivity contribution in [2.75, 3.05) is 6.61 Å².